The Morgan fingerprint density at radius 3 is 2.26 bits per heavy atom. The van der Waals surface area contributed by atoms with E-state index >= 15 is 0 Å². The first-order valence-electron chi connectivity index (χ1n) is 10.6. The van der Waals surface area contributed by atoms with E-state index in [9.17, 15) is 22.8 Å². The van der Waals surface area contributed by atoms with Crippen LogP contribution < -0.4 is 10.6 Å². The number of piperidine rings is 1. The normalized spacial score (nSPS) is 19.5. The number of anilines is 1. The van der Waals surface area contributed by atoms with Gasteiger partial charge in [-0.05, 0) is 36.6 Å². The number of benzene rings is 1. The molecule has 1 fully saturated rings. The summed E-state index contributed by atoms with van der Waals surface area (Å²) in [5.41, 5.74) is 6.60. The molecule has 10 heteroatoms. The van der Waals surface area contributed by atoms with Gasteiger partial charge >= 0.3 is 0 Å². The SMILES string of the molecule is CCN(CC)S(=O)(=O)c1ccc2c(c1)C[C@@H](C(=O)N1CCC(C(N)=O)CC1)N2C(C)=O. The van der Waals surface area contributed by atoms with Crippen molar-refractivity contribution in [2.45, 2.75) is 51.0 Å². The molecular formula is C21H30N4O5S. The largest absolute Gasteiger partial charge is 0.369 e. The molecule has 9 nitrogen and oxygen atoms in total. The molecule has 3 rings (SSSR count). The van der Waals surface area contributed by atoms with Crippen LogP contribution in [0.4, 0.5) is 5.69 Å². The van der Waals surface area contributed by atoms with Gasteiger partial charge in [0.25, 0.3) is 0 Å². The fourth-order valence-electron chi connectivity index (χ4n) is 4.48. The highest BCUT2D eigenvalue weighted by atomic mass is 32.2. The molecule has 0 aromatic heterocycles. The van der Waals surface area contributed by atoms with Crippen LogP contribution in [0.5, 0.6) is 0 Å². The Balaban J connectivity index is 1.86. The van der Waals surface area contributed by atoms with Gasteiger partial charge in [-0.3, -0.25) is 19.3 Å². The molecule has 31 heavy (non-hydrogen) atoms. The number of likely N-dealkylation sites (tertiary alicyclic amines) is 1. The van der Waals surface area contributed by atoms with Crippen LogP contribution in [0.1, 0.15) is 39.2 Å². The van der Waals surface area contributed by atoms with E-state index in [0.717, 1.165) is 0 Å². The maximum Gasteiger partial charge on any atom is 0.246 e. The maximum absolute atomic E-state index is 13.2. The lowest BCUT2D eigenvalue weighted by molar-refractivity contribution is -0.137. The minimum absolute atomic E-state index is 0.161. The highest BCUT2D eigenvalue weighted by Crippen LogP contribution is 2.36. The van der Waals surface area contributed by atoms with Crippen LogP contribution in [-0.4, -0.2) is 67.6 Å². The summed E-state index contributed by atoms with van der Waals surface area (Å²) in [4.78, 5) is 40.3. The van der Waals surface area contributed by atoms with Crippen molar-refractivity contribution in [3.8, 4) is 0 Å². The van der Waals surface area contributed by atoms with Gasteiger partial charge in [-0.15, -0.1) is 0 Å². The van der Waals surface area contributed by atoms with Crippen LogP contribution in [0, 0.1) is 5.92 Å². The highest BCUT2D eigenvalue weighted by Gasteiger charge is 2.40. The first-order chi connectivity index (χ1) is 14.6. The second-order valence-electron chi connectivity index (χ2n) is 7.99. The first-order valence-corrected chi connectivity index (χ1v) is 12.1. The Hall–Kier alpha value is -2.46. The molecular weight excluding hydrogens is 420 g/mol. The van der Waals surface area contributed by atoms with Gasteiger partial charge in [0.1, 0.15) is 6.04 Å². The molecule has 3 amide bonds. The van der Waals surface area contributed by atoms with E-state index in [4.69, 9.17) is 5.73 Å². The molecule has 0 radical (unpaired) electrons. The number of nitrogens with two attached hydrogens (primary N) is 1. The number of fused-ring (bicyclic) bond motifs is 1. The molecule has 0 saturated carbocycles. The molecule has 0 bridgehead atoms. The molecule has 0 aliphatic carbocycles. The summed E-state index contributed by atoms with van der Waals surface area (Å²) in [7, 11) is -3.64. The Bertz CT molecular complexity index is 981. The van der Waals surface area contributed by atoms with E-state index < -0.39 is 16.1 Å². The Labute approximate surface area is 183 Å². The number of rotatable bonds is 6. The molecule has 1 atom stereocenters. The lowest BCUT2D eigenvalue weighted by atomic mass is 9.95. The minimum Gasteiger partial charge on any atom is -0.369 e. The zero-order valence-corrected chi connectivity index (χ0v) is 19.0. The van der Waals surface area contributed by atoms with E-state index in [1.807, 2.05) is 0 Å². The Morgan fingerprint density at radius 1 is 1.13 bits per heavy atom. The number of amides is 3. The standard InChI is InChI=1S/C21H30N4O5S/c1-4-24(5-2)31(29,30)17-6-7-18-16(12-17)13-19(25(18)14(3)26)21(28)23-10-8-15(9-11-23)20(22)27/h6-7,12,15,19H,4-5,8-11,13H2,1-3H3,(H2,22,27)/t19-/m0/s1. The number of nitrogens with zero attached hydrogens (tertiary/aromatic N) is 3. The summed E-state index contributed by atoms with van der Waals surface area (Å²) in [5, 5.41) is 0. The van der Waals surface area contributed by atoms with Crippen LogP contribution in [0.15, 0.2) is 23.1 Å². The van der Waals surface area contributed by atoms with Crippen molar-refractivity contribution in [1.82, 2.24) is 9.21 Å². The molecule has 0 unspecified atom stereocenters. The average molecular weight is 451 g/mol. The predicted molar refractivity (Wildman–Crippen MR) is 116 cm³/mol. The number of carbonyl (C=O) groups excluding carboxylic acids is 3. The van der Waals surface area contributed by atoms with Gasteiger partial charge in [0.15, 0.2) is 0 Å². The molecule has 1 aromatic rings. The minimum atomic E-state index is -3.64. The first kappa shape index (κ1) is 23.2. The smallest absolute Gasteiger partial charge is 0.246 e. The zero-order valence-electron chi connectivity index (χ0n) is 18.2. The third-order valence-electron chi connectivity index (χ3n) is 6.21. The maximum atomic E-state index is 13.2. The molecule has 170 valence electrons. The van der Waals surface area contributed by atoms with E-state index in [1.165, 1.54) is 22.2 Å². The summed E-state index contributed by atoms with van der Waals surface area (Å²) in [5.74, 6) is -1.06. The van der Waals surface area contributed by atoms with Gasteiger partial charge < -0.3 is 10.6 Å². The molecule has 2 N–H and O–H groups in total. The van der Waals surface area contributed by atoms with Gasteiger partial charge in [-0.1, -0.05) is 13.8 Å². The van der Waals surface area contributed by atoms with Crippen LogP contribution >= 0.6 is 0 Å². The van der Waals surface area contributed by atoms with E-state index in [0.29, 0.717) is 50.3 Å². The van der Waals surface area contributed by atoms with Crippen molar-refractivity contribution in [2.75, 3.05) is 31.1 Å². The molecule has 0 spiro atoms. The lowest BCUT2D eigenvalue weighted by Crippen LogP contribution is -2.51. The molecule has 2 aliphatic rings. The fraction of sp³-hybridized carbons (Fsp3) is 0.571. The summed E-state index contributed by atoms with van der Waals surface area (Å²) in [6, 6.07) is 3.96. The van der Waals surface area contributed by atoms with E-state index in [1.54, 1.807) is 30.9 Å². The van der Waals surface area contributed by atoms with Crippen LogP contribution in [0.2, 0.25) is 0 Å². The Morgan fingerprint density at radius 2 is 1.74 bits per heavy atom. The van der Waals surface area contributed by atoms with E-state index in [-0.39, 0.29) is 35.0 Å². The fourth-order valence-corrected chi connectivity index (χ4v) is 5.99. The number of sulfonamides is 1. The summed E-state index contributed by atoms with van der Waals surface area (Å²) in [6.07, 6.45) is 1.27. The van der Waals surface area contributed by atoms with Crippen molar-refractivity contribution in [3.05, 3.63) is 23.8 Å². The quantitative estimate of drug-likeness (QED) is 0.684. The van der Waals surface area contributed by atoms with Crippen molar-refractivity contribution in [1.29, 1.82) is 0 Å². The van der Waals surface area contributed by atoms with Gasteiger partial charge in [0.2, 0.25) is 27.7 Å². The van der Waals surface area contributed by atoms with Crippen LogP contribution in [0.25, 0.3) is 0 Å². The number of carbonyl (C=O) groups is 3. The highest BCUT2D eigenvalue weighted by molar-refractivity contribution is 7.89. The third kappa shape index (κ3) is 4.31. The van der Waals surface area contributed by atoms with Gasteiger partial charge in [-0.2, -0.15) is 4.31 Å². The van der Waals surface area contributed by atoms with Crippen molar-refractivity contribution in [3.63, 3.8) is 0 Å². The van der Waals surface area contributed by atoms with Crippen molar-refractivity contribution in [2.24, 2.45) is 11.7 Å². The van der Waals surface area contributed by atoms with Gasteiger partial charge in [-0.25, -0.2) is 8.42 Å². The van der Waals surface area contributed by atoms with Crippen LogP contribution in [0.3, 0.4) is 0 Å². The van der Waals surface area contributed by atoms with Gasteiger partial charge in [0.05, 0.1) is 4.90 Å². The second kappa shape index (κ2) is 8.96. The van der Waals surface area contributed by atoms with Crippen LogP contribution in [-0.2, 0) is 30.8 Å². The summed E-state index contributed by atoms with van der Waals surface area (Å²) >= 11 is 0. The number of hydrogen-bond acceptors (Lipinski definition) is 5. The number of primary amides is 1. The molecule has 2 heterocycles. The van der Waals surface area contributed by atoms with Crippen molar-refractivity contribution < 1.29 is 22.8 Å². The molecule has 2 aliphatic heterocycles. The topological polar surface area (TPSA) is 121 Å². The average Bonchev–Trinajstić information content (AvgIpc) is 3.13. The predicted octanol–water partition coefficient (Wildman–Crippen LogP) is 0.719. The second-order valence-corrected chi connectivity index (χ2v) is 9.93. The molecule has 1 aromatic carbocycles. The van der Waals surface area contributed by atoms with E-state index in [2.05, 4.69) is 0 Å². The van der Waals surface area contributed by atoms with Gasteiger partial charge in [0, 0.05) is 51.1 Å². The lowest BCUT2D eigenvalue weighted by Gasteiger charge is -2.34. The third-order valence-corrected chi connectivity index (χ3v) is 8.26. The zero-order chi connectivity index (χ0) is 22.9. The monoisotopic (exact) mass is 450 g/mol. The summed E-state index contributed by atoms with van der Waals surface area (Å²) < 4.78 is 27.2. The summed E-state index contributed by atoms with van der Waals surface area (Å²) in [6.45, 7) is 6.49. The number of hydrogen-bond donors (Lipinski definition) is 1. The Kier molecular flexibility index (Phi) is 6.70. The molecule has 1 saturated heterocycles. The van der Waals surface area contributed by atoms with Crippen molar-refractivity contribution >= 4 is 33.4 Å².